The summed E-state index contributed by atoms with van der Waals surface area (Å²) in [5.41, 5.74) is 4.33. The second kappa shape index (κ2) is 4.07. The summed E-state index contributed by atoms with van der Waals surface area (Å²) in [6.45, 7) is 3.97. The highest BCUT2D eigenvalue weighted by molar-refractivity contribution is 7.11. The monoisotopic (exact) mass is 256 g/mol. The maximum Gasteiger partial charge on any atom is 0.258 e. The fourth-order valence-corrected chi connectivity index (χ4v) is 2.80. The Kier molecular flexibility index (Phi) is 2.52. The Morgan fingerprint density at radius 2 is 2.17 bits per heavy atom. The first-order valence-corrected chi connectivity index (χ1v) is 6.57. The predicted molar refractivity (Wildman–Crippen MR) is 74.5 cm³/mol. The van der Waals surface area contributed by atoms with E-state index in [1.165, 1.54) is 5.56 Å². The average Bonchev–Trinajstić information content (AvgIpc) is 2.86. The van der Waals surface area contributed by atoms with Gasteiger partial charge in [0.25, 0.3) is 5.91 Å². The maximum absolute atomic E-state index is 11.9. The van der Waals surface area contributed by atoms with Crippen molar-refractivity contribution in [3.8, 4) is 0 Å². The zero-order valence-electron chi connectivity index (χ0n) is 10.2. The van der Waals surface area contributed by atoms with Crippen molar-refractivity contribution in [3.63, 3.8) is 0 Å². The summed E-state index contributed by atoms with van der Waals surface area (Å²) in [7, 11) is 0. The molecule has 0 spiro atoms. The Morgan fingerprint density at radius 1 is 1.33 bits per heavy atom. The summed E-state index contributed by atoms with van der Waals surface area (Å²) >= 11 is 1.63. The van der Waals surface area contributed by atoms with Crippen LogP contribution in [-0.2, 0) is 4.79 Å². The molecule has 0 bridgehead atoms. The first-order chi connectivity index (χ1) is 8.63. The number of amides is 1. The minimum atomic E-state index is -0.0749. The first-order valence-electron chi connectivity index (χ1n) is 5.70. The number of hydrogen-bond donors (Lipinski definition) is 1. The van der Waals surface area contributed by atoms with E-state index in [0.717, 1.165) is 22.0 Å². The van der Waals surface area contributed by atoms with Crippen LogP contribution in [0.3, 0.4) is 0 Å². The lowest BCUT2D eigenvalue weighted by Gasteiger charge is -1.98. The molecule has 2 aromatic heterocycles. The molecule has 0 unspecified atom stereocenters. The molecule has 4 heteroatoms. The zero-order chi connectivity index (χ0) is 12.7. The predicted octanol–water partition coefficient (Wildman–Crippen LogP) is 3.25. The van der Waals surface area contributed by atoms with Gasteiger partial charge in [-0.2, -0.15) is 0 Å². The molecule has 0 aromatic carbocycles. The summed E-state index contributed by atoms with van der Waals surface area (Å²) < 4.78 is 0. The number of thiophene rings is 1. The van der Waals surface area contributed by atoms with Gasteiger partial charge in [-0.05, 0) is 49.1 Å². The summed E-state index contributed by atoms with van der Waals surface area (Å²) in [5, 5.41) is 4.91. The molecular formula is C14H12N2OS. The number of carbonyl (C=O) groups excluding carboxylic acids is 1. The average molecular weight is 256 g/mol. The maximum atomic E-state index is 11.9. The van der Waals surface area contributed by atoms with Crippen LogP contribution in [0.15, 0.2) is 23.6 Å². The van der Waals surface area contributed by atoms with E-state index >= 15 is 0 Å². The van der Waals surface area contributed by atoms with Gasteiger partial charge in [0.15, 0.2) is 0 Å². The van der Waals surface area contributed by atoms with Gasteiger partial charge in [0.05, 0.1) is 17.0 Å². The molecule has 0 atom stereocenters. The van der Waals surface area contributed by atoms with Crippen LogP contribution in [0.1, 0.15) is 21.8 Å². The van der Waals surface area contributed by atoms with Gasteiger partial charge < -0.3 is 5.32 Å². The quantitative estimate of drug-likeness (QED) is 0.796. The van der Waals surface area contributed by atoms with Crippen LogP contribution in [0.5, 0.6) is 0 Å². The topological polar surface area (TPSA) is 42.0 Å². The fourth-order valence-electron chi connectivity index (χ4n) is 1.97. The first kappa shape index (κ1) is 11.2. The number of carbonyl (C=O) groups is 1. The van der Waals surface area contributed by atoms with E-state index in [1.54, 1.807) is 11.3 Å². The third kappa shape index (κ3) is 1.84. The Bertz CT molecular complexity index is 670. The number of nitrogens with one attached hydrogen (secondary N) is 1. The highest BCUT2D eigenvalue weighted by Crippen LogP contribution is 2.32. The van der Waals surface area contributed by atoms with Crippen molar-refractivity contribution in [2.75, 3.05) is 5.32 Å². The highest BCUT2D eigenvalue weighted by Gasteiger charge is 2.25. The van der Waals surface area contributed by atoms with Crippen LogP contribution in [0, 0.1) is 13.8 Å². The lowest BCUT2D eigenvalue weighted by atomic mass is 10.1. The molecule has 1 N–H and O–H groups in total. The summed E-state index contributed by atoms with van der Waals surface area (Å²) in [6, 6.07) is 5.87. The van der Waals surface area contributed by atoms with Crippen LogP contribution in [-0.4, -0.2) is 10.9 Å². The second-order valence-electron chi connectivity index (χ2n) is 4.39. The van der Waals surface area contributed by atoms with Crippen molar-refractivity contribution in [1.29, 1.82) is 0 Å². The summed E-state index contributed by atoms with van der Waals surface area (Å²) in [4.78, 5) is 17.5. The van der Waals surface area contributed by atoms with Gasteiger partial charge in [0, 0.05) is 10.6 Å². The van der Waals surface area contributed by atoms with E-state index in [9.17, 15) is 4.79 Å². The molecule has 1 aliphatic rings. The molecule has 90 valence electrons. The van der Waals surface area contributed by atoms with Gasteiger partial charge >= 0.3 is 0 Å². The lowest BCUT2D eigenvalue weighted by molar-refractivity contribution is -0.110. The zero-order valence-corrected chi connectivity index (χ0v) is 11.0. The van der Waals surface area contributed by atoms with E-state index in [4.69, 9.17) is 0 Å². The molecule has 2 aromatic rings. The third-order valence-corrected chi connectivity index (χ3v) is 3.82. The molecule has 1 amide bonds. The van der Waals surface area contributed by atoms with E-state index in [2.05, 4.69) is 21.7 Å². The van der Waals surface area contributed by atoms with Gasteiger partial charge in [0.2, 0.25) is 0 Å². The van der Waals surface area contributed by atoms with E-state index in [-0.39, 0.29) is 5.91 Å². The highest BCUT2D eigenvalue weighted by atomic mass is 32.1. The molecule has 0 fully saturated rings. The smallest absolute Gasteiger partial charge is 0.258 e. The van der Waals surface area contributed by atoms with E-state index in [1.807, 2.05) is 32.1 Å². The number of nitrogens with zero attached hydrogens (tertiary/aromatic N) is 1. The van der Waals surface area contributed by atoms with Crippen molar-refractivity contribution in [2.24, 2.45) is 0 Å². The Balaban J connectivity index is 2.11. The van der Waals surface area contributed by atoms with Gasteiger partial charge in [-0.25, -0.2) is 0 Å². The second-order valence-corrected chi connectivity index (χ2v) is 5.33. The van der Waals surface area contributed by atoms with Gasteiger partial charge in [0.1, 0.15) is 0 Å². The van der Waals surface area contributed by atoms with Crippen molar-refractivity contribution >= 4 is 34.6 Å². The fraction of sp³-hybridized carbons (Fsp3) is 0.143. The van der Waals surface area contributed by atoms with Crippen molar-refractivity contribution in [3.05, 3.63) is 45.4 Å². The van der Waals surface area contributed by atoms with Crippen LogP contribution < -0.4 is 5.32 Å². The minimum Gasteiger partial charge on any atom is -0.320 e. The van der Waals surface area contributed by atoms with Gasteiger partial charge in [-0.1, -0.05) is 0 Å². The Morgan fingerprint density at radius 3 is 2.89 bits per heavy atom. The van der Waals surface area contributed by atoms with Gasteiger partial charge in [-0.3, -0.25) is 9.78 Å². The van der Waals surface area contributed by atoms with Crippen molar-refractivity contribution in [2.45, 2.75) is 13.8 Å². The molecule has 3 nitrogen and oxygen atoms in total. The lowest BCUT2D eigenvalue weighted by Crippen LogP contribution is -2.03. The number of fused-ring (bicyclic) bond motifs is 1. The Hall–Kier alpha value is -1.94. The van der Waals surface area contributed by atoms with Crippen LogP contribution >= 0.6 is 11.3 Å². The molecular weight excluding hydrogens is 244 g/mol. The number of aryl methyl sites for hydroxylation is 2. The van der Waals surface area contributed by atoms with Crippen molar-refractivity contribution < 1.29 is 4.79 Å². The van der Waals surface area contributed by atoms with E-state index in [0.29, 0.717) is 5.57 Å². The molecule has 3 rings (SSSR count). The SMILES string of the molecule is Cc1csc(C=C2C(=O)Nc3ccc(C)nc32)c1. The van der Waals surface area contributed by atoms with Crippen LogP contribution in [0.4, 0.5) is 5.69 Å². The standard InChI is InChI=1S/C14H12N2OS/c1-8-5-10(18-7-8)6-11-13-12(16-14(11)17)4-3-9(2)15-13/h3-7H,1-2H3,(H,16,17). The minimum absolute atomic E-state index is 0.0749. The molecule has 0 saturated heterocycles. The molecule has 1 aliphatic heterocycles. The van der Waals surface area contributed by atoms with Crippen LogP contribution in [0.25, 0.3) is 11.6 Å². The third-order valence-electron chi connectivity index (χ3n) is 2.82. The Labute approximate surface area is 109 Å². The summed E-state index contributed by atoms with van der Waals surface area (Å²) in [5.74, 6) is -0.0749. The molecule has 18 heavy (non-hydrogen) atoms. The number of anilines is 1. The number of pyridine rings is 1. The number of aromatic nitrogens is 1. The normalized spacial score (nSPS) is 15.9. The molecule has 3 heterocycles. The number of rotatable bonds is 1. The number of hydrogen-bond acceptors (Lipinski definition) is 3. The van der Waals surface area contributed by atoms with E-state index < -0.39 is 0 Å². The molecule has 0 aliphatic carbocycles. The van der Waals surface area contributed by atoms with Crippen LogP contribution in [0.2, 0.25) is 0 Å². The molecule has 0 radical (unpaired) electrons. The summed E-state index contributed by atoms with van der Waals surface area (Å²) in [6.07, 6.45) is 1.91. The van der Waals surface area contributed by atoms with Crippen molar-refractivity contribution in [1.82, 2.24) is 4.98 Å². The van der Waals surface area contributed by atoms with Gasteiger partial charge in [-0.15, -0.1) is 11.3 Å². The largest absolute Gasteiger partial charge is 0.320 e. The molecule has 0 saturated carbocycles.